The molecule has 0 radical (unpaired) electrons. The summed E-state index contributed by atoms with van der Waals surface area (Å²) in [6, 6.07) is 9.92. The summed E-state index contributed by atoms with van der Waals surface area (Å²) in [4.78, 5) is 31.3. The summed E-state index contributed by atoms with van der Waals surface area (Å²) in [7, 11) is 0. The Bertz CT molecular complexity index is 921. The van der Waals surface area contributed by atoms with Crippen molar-refractivity contribution in [3.8, 4) is 5.75 Å². The van der Waals surface area contributed by atoms with Crippen molar-refractivity contribution in [3.63, 3.8) is 0 Å². The first-order valence-electron chi connectivity index (χ1n) is 11.6. The second-order valence-corrected chi connectivity index (χ2v) is 10.5. The number of para-hydroxylation sites is 1. The number of ether oxygens (including phenoxy) is 1. The van der Waals surface area contributed by atoms with Crippen LogP contribution in [0.3, 0.4) is 0 Å². The highest BCUT2D eigenvalue weighted by atomic mass is 32.1. The lowest BCUT2D eigenvalue weighted by molar-refractivity contribution is -0.143. The van der Waals surface area contributed by atoms with Crippen LogP contribution in [0, 0.1) is 18.8 Å². The molecular formula is C26H36N2O3S. The van der Waals surface area contributed by atoms with Gasteiger partial charge in [-0.15, -0.1) is 11.3 Å². The fraction of sp³-hybridized carbons (Fsp3) is 0.538. The minimum atomic E-state index is -0.141. The number of hydrogen-bond acceptors (Lipinski definition) is 4. The predicted octanol–water partition coefficient (Wildman–Crippen LogP) is 5.09. The van der Waals surface area contributed by atoms with Crippen molar-refractivity contribution in [1.29, 1.82) is 0 Å². The Morgan fingerprint density at radius 3 is 2.59 bits per heavy atom. The molecule has 0 aliphatic carbocycles. The molecule has 2 heterocycles. The summed E-state index contributed by atoms with van der Waals surface area (Å²) in [5.41, 5.74) is 2.25. The number of hydrogen-bond donors (Lipinski definition) is 0. The topological polar surface area (TPSA) is 49.9 Å². The maximum atomic E-state index is 13.5. The lowest BCUT2D eigenvalue weighted by Gasteiger charge is -2.37. The van der Waals surface area contributed by atoms with Gasteiger partial charge in [0.25, 0.3) is 0 Å². The lowest BCUT2D eigenvalue weighted by Crippen LogP contribution is -2.48. The molecule has 1 aliphatic heterocycles. The van der Waals surface area contributed by atoms with Crippen molar-refractivity contribution in [1.82, 2.24) is 9.80 Å². The van der Waals surface area contributed by atoms with E-state index in [0.717, 1.165) is 17.7 Å². The van der Waals surface area contributed by atoms with Crippen LogP contribution in [0.4, 0.5) is 0 Å². The van der Waals surface area contributed by atoms with Crippen LogP contribution < -0.4 is 4.74 Å². The Hall–Kier alpha value is -2.34. The number of rotatable bonds is 9. The number of aryl methyl sites for hydroxylation is 1. The second-order valence-electron chi connectivity index (χ2n) is 9.49. The summed E-state index contributed by atoms with van der Waals surface area (Å²) >= 11 is 1.74. The monoisotopic (exact) mass is 456 g/mol. The van der Waals surface area contributed by atoms with E-state index in [1.807, 2.05) is 49.9 Å². The molecular weight excluding hydrogens is 420 g/mol. The largest absolute Gasteiger partial charge is 0.491 e. The van der Waals surface area contributed by atoms with E-state index in [-0.39, 0.29) is 30.3 Å². The van der Waals surface area contributed by atoms with Gasteiger partial charge in [-0.05, 0) is 53.8 Å². The second kappa shape index (κ2) is 11.0. The number of benzene rings is 1. The number of nitrogens with zero attached hydrogens (tertiary/aromatic N) is 2. The molecule has 1 aromatic carbocycles. The zero-order valence-electron chi connectivity index (χ0n) is 20.0. The molecule has 0 saturated carbocycles. The maximum Gasteiger partial charge on any atom is 0.242 e. The number of fused-ring (bicyclic) bond motifs is 1. The highest BCUT2D eigenvalue weighted by Crippen LogP contribution is 2.34. The molecule has 0 N–H and O–H groups in total. The third kappa shape index (κ3) is 6.12. The third-order valence-electron chi connectivity index (χ3n) is 5.75. The number of carbonyl (C=O) groups is 2. The Labute approximate surface area is 196 Å². The maximum absolute atomic E-state index is 13.5. The van der Waals surface area contributed by atoms with E-state index in [1.54, 1.807) is 16.2 Å². The Morgan fingerprint density at radius 1 is 1.16 bits per heavy atom. The molecule has 0 unspecified atom stereocenters. The van der Waals surface area contributed by atoms with Crippen LogP contribution >= 0.6 is 11.3 Å². The molecule has 2 aromatic rings. The van der Waals surface area contributed by atoms with Gasteiger partial charge in [0.05, 0.1) is 12.6 Å². The van der Waals surface area contributed by atoms with Crippen LogP contribution in [0.15, 0.2) is 35.7 Å². The zero-order chi connectivity index (χ0) is 23.3. The first-order valence-corrected chi connectivity index (χ1v) is 12.5. The molecule has 3 rings (SSSR count). The van der Waals surface area contributed by atoms with Gasteiger partial charge in [0.15, 0.2) is 0 Å². The molecule has 1 aliphatic rings. The molecule has 1 aromatic heterocycles. The average Bonchev–Trinajstić information content (AvgIpc) is 3.20. The van der Waals surface area contributed by atoms with E-state index in [4.69, 9.17) is 4.74 Å². The van der Waals surface area contributed by atoms with Crippen molar-refractivity contribution < 1.29 is 14.3 Å². The molecule has 0 fully saturated rings. The van der Waals surface area contributed by atoms with E-state index in [9.17, 15) is 9.59 Å². The van der Waals surface area contributed by atoms with Gasteiger partial charge in [0.2, 0.25) is 11.8 Å². The van der Waals surface area contributed by atoms with E-state index < -0.39 is 0 Å². The van der Waals surface area contributed by atoms with E-state index in [2.05, 4.69) is 25.3 Å². The van der Waals surface area contributed by atoms with Gasteiger partial charge < -0.3 is 14.5 Å². The smallest absolute Gasteiger partial charge is 0.242 e. The molecule has 6 heteroatoms. The highest BCUT2D eigenvalue weighted by Gasteiger charge is 2.33. The minimum Gasteiger partial charge on any atom is -0.491 e. The molecule has 5 nitrogen and oxygen atoms in total. The van der Waals surface area contributed by atoms with Crippen molar-refractivity contribution in [2.24, 2.45) is 11.8 Å². The first kappa shape index (κ1) is 24.3. The molecule has 0 bridgehead atoms. The van der Waals surface area contributed by atoms with Crippen molar-refractivity contribution in [2.45, 2.75) is 53.5 Å². The predicted molar refractivity (Wildman–Crippen MR) is 130 cm³/mol. The van der Waals surface area contributed by atoms with Crippen LogP contribution in [-0.2, 0) is 16.0 Å². The third-order valence-corrected chi connectivity index (χ3v) is 6.75. The molecule has 0 spiro atoms. The van der Waals surface area contributed by atoms with Gasteiger partial charge in [-0.1, -0.05) is 45.9 Å². The quantitative estimate of drug-likeness (QED) is 0.528. The van der Waals surface area contributed by atoms with Crippen LogP contribution in [0.1, 0.15) is 56.2 Å². The van der Waals surface area contributed by atoms with Gasteiger partial charge in [0, 0.05) is 24.4 Å². The van der Waals surface area contributed by atoms with Crippen molar-refractivity contribution in [3.05, 3.63) is 51.7 Å². The average molecular weight is 457 g/mol. The fourth-order valence-electron chi connectivity index (χ4n) is 4.19. The van der Waals surface area contributed by atoms with Gasteiger partial charge in [-0.2, -0.15) is 0 Å². The summed E-state index contributed by atoms with van der Waals surface area (Å²) in [6.45, 7) is 12.0. The summed E-state index contributed by atoms with van der Waals surface area (Å²) in [5.74, 6) is 1.48. The molecule has 1 atom stereocenters. The summed E-state index contributed by atoms with van der Waals surface area (Å²) < 4.78 is 6.18. The lowest BCUT2D eigenvalue weighted by atomic mass is 10.00. The Kier molecular flexibility index (Phi) is 8.35. The fourth-order valence-corrected chi connectivity index (χ4v) is 5.12. The molecule has 0 saturated heterocycles. The van der Waals surface area contributed by atoms with Gasteiger partial charge in [-0.3, -0.25) is 9.59 Å². The summed E-state index contributed by atoms with van der Waals surface area (Å²) in [5, 5.41) is 2.09. The van der Waals surface area contributed by atoms with E-state index >= 15 is 0 Å². The van der Waals surface area contributed by atoms with Crippen LogP contribution in [-0.4, -0.2) is 47.9 Å². The van der Waals surface area contributed by atoms with Crippen LogP contribution in [0.2, 0.25) is 0 Å². The van der Waals surface area contributed by atoms with Crippen LogP contribution in [0.25, 0.3) is 0 Å². The van der Waals surface area contributed by atoms with Gasteiger partial charge in [-0.25, -0.2) is 0 Å². The first-order chi connectivity index (χ1) is 15.3. The highest BCUT2D eigenvalue weighted by molar-refractivity contribution is 7.10. The molecule has 174 valence electrons. The minimum absolute atomic E-state index is 0.00186. The Balaban J connectivity index is 1.77. The van der Waals surface area contributed by atoms with Crippen LogP contribution in [0.5, 0.6) is 5.75 Å². The van der Waals surface area contributed by atoms with E-state index in [1.165, 1.54) is 10.4 Å². The molecule has 2 amide bonds. The standard InChI is InChI=1S/C26H36N2O3S/c1-18(2)14-25(29)27(15-19(3)4)16-26(30)28-12-10-24-21(11-13-32-24)22(28)17-31-23-9-7-6-8-20(23)5/h6-9,11,13,18-19,22H,10,12,14-17H2,1-5H3/t22-/m0/s1. The van der Waals surface area contributed by atoms with Gasteiger partial charge in [0.1, 0.15) is 12.4 Å². The van der Waals surface area contributed by atoms with Gasteiger partial charge >= 0.3 is 0 Å². The molecule has 32 heavy (non-hydrogen) atoms. The zero-order valence-corrected chi connectivity index (χ0v) is 20.8. The summed E-state index contributed by atoms with van der Waals surface area (Å²) in [6.07, 6.45) is 1.32. The van der Waals surface area contributed by atoms with Crippen molar-refractivity contribution >= 4 is 23.2 Å². The SMILES string of the molecule is Cc1ccccc1OC[C@H]1c2ccsc2CCN1C(=O)CN(CC(C)C)C(=O)CC(C)C. The van der Waals surface area contributed by atoms with Crippen molar-refractivity contribution in [2.75, 3.05) is 26.2 Å². The van der Waals surface area contributed by atoms with E-state index in [0.29, 0.717) is 32.0 Å². The number of thiophene rings is 1. The number of amides is 2. The number of carbonyl (C=O) groups excluding carboxylic acids is 2. The Morgan fingerprint density at radius 2 is 1.91 bits per heavy atom. The normalized spacial score (nSPS) is 15.7.